The molecule has 0 aliphatic carbocycles. The summed E-state index contributed by atoms with van der Waals surface area (Å²) in [4.78, 5) is 25.6. The molecule has 0 saturated heterocycles. The number of ether oxygens (including phenoxy) is 1. The standard InChI is InChI=1S/C23H28N2O4/c1-5-6-7-12-29-18-10-8-17(9-11-18)21(26)20-16(4)19(13-24)22(27)25(23(20)28)14-15(2)3/h8-11,15,28H,5-7,12,14H2,1-4H3. The van der Waals surface area contributed by atoms with Crippen LogP contribution in [0.3, 0.4) is 0 Å². The van der Waals surface area contributed by atoms with Crippen molar-refractivity contribution in [1.82, 2.24) is 4.57 Å². The quantitative estimate of drug-likeness (QED) is 0.507. The number of aromatic hydroxyl groups is 1. The maximum atomic E-state index is 13.1. The second kappa shape index (κ2) is 9.92. The number of nitriles is 1. The Morgan fingerprint density at radius 1 is 1.24 bits per heavy atom. The summed E-state index contributed by atoms with van der Waals surface area (Å²) in [5, 5.41) is 20.1. The Bertz CT molecular complexity index is 966. The molecule has 0 aliphatic heterocycles. The lowest BCUT2D eigenvalue weighted by atomic mass is 9.97. The van der Waals surface area contributed by atoms with Crippen LogP contribution in [0, 0.1) is 24.2 Å². The molecule has 1 aromatic heterocycles. The number of carbonyl (C=O) groups excluding carboxylic acids is 1. The molecule has 1 aromatic carbocycles. The highest BCUT2D eigenvalue weighted by Gasteiger charge is 2.25. The molecular formula is C23H28N2O4. The van der Waals surface area contributed by atoms with Crippen LogP contribution in [-0.2, 0) is 6.54 Å². The van der Waals surface area contributed by atoms with E-state index in [2.05, 4.69) is 6.92 Å². The minimum absolute atomic E-state index is 0.0154. The van der Waals surface area contributed by atoms with Gasteiger partial charge >= 0.3 is 0 Å². The van der Waals surface area contributed by atoms with Crippen LogP contribution in [0.25, 0.3) is 0 Å². The maximum Gasteiger partial charge on any atom is 0.271 e. The van der Waals surface area contributed by atoms with E-state index in [1.807, 2.05) is 19.9 Å². The van der Waals surface area contributed by atoms with Gasteiger partial charge in [0.15, 0.2) is 5.78 Å². The number of hydrogen-bond donors (Lipinski definition) is 1. The zero-order chi connectivity index (χ0) is 21.6. The average molecular weight is 396 g/mol. The number of carbonyl (C=O) groups is 1. The lowest BCUT2D eigenvalue weighted by molar-refractivity contribution is 0.103. The van der Waals surface area contributed by atoms with Crippen molar-refractivity contribution in [2.75, 3.05) is 6.61 Å². The molecule has 2 aromatic rings. The summed E-state index contributed by atoms with van der Waals surface area (Å²) < 4.78 is 6.77. The molecule has 0 unspecified atom stereocenters. The Kier molecular flexibility index (Phi) is 7.60. The largest absolute Gasteiger partial charge is 0.494 e. The molecule has 29 heavy (non-hydrogen) atoms. The van der Waals surface area contributed by atoms with Gasteiger partial charge in [-0.15, -0.1) is 0 Å². The van der Waals surface area contributed by atoms with Crippen LogP contribution in [0.5, 0.6) is 11.6 Å². The van der Waals surface area contributed by atoms with Gasteiger partial charge in [0.25, 0.3) is 5.56 Å². The number of nitrogens with zero attached hydrogens (tertiary/aromatic N) is 2. The van der Waals surface area contributed by atoms with E-state index in [4.69, 9.17) is 4.74 Å². The zero-order valence-corrected chi connectivity index (χ0v) is 17.5. The van der Waals surface area contributed by atoms with Crippen molar-refractivity contribution in [3.8, 4) is 17.7 Å². The third-order valence-electron chi connectivity index (χ3n) is 4.71. The molecule has 1 N–H and O–H groups in total. The fourth-order valence-electron chi connectivity index (χ4n) is 3.15. The van der Waals surface area contributed by atoms with Crippen molar-refractivity contribution < 1.29 is 14.6 Å². The molecule has 0 atom stereocenters. The zero-order valence-electron chi connectivity index (χ0n) is 17.5. The van der Waals surface area contributed by atoms with E-state index in [1.165, 1.54) is 6.92 Å². The van der Waals surface area contributed by atoms with Gasteiger partial charge in [-0.2, -0.15) is 5.26 Å². The highest BCUT2D eigenvalue weighted by molar-refractivity contribution is 6.11. The molecule has 0 amide bonds. The normalized spacial score (nSPS) is 10.8. The minimum atomic E-state index is -0.580. The van der Waals surface area contributed by atoms with Crippen molar-refractivity contribution in [3.05, 3.63) is 56.9 Å². The van der Waals surface area contributed by atoms with Crippen LogP contribution < -0.4 is 10.3 Å². The number of unbranched alkanes of at least 4 members (excludes halogenated alkanes) is 2. The Morgan fingerprint density at radius 3 is 2.45 bits per heavy atom. The maximum absolute atomic E-state index is 13.1. The molecule has 0 radical (unpaired) electrons. The van der Waals surface area contributed by atoms with Gasteiger partial charge in [-0.05, 0) is 49.1 Å². The summed E-state index contributed by atoms with van der Waals surface area (Å²) in [6.45, 7) is 8.24. The Hall–Kier alpha value is -3.07. The molecule has 0 fully saturated rings. The third-order valence-corrected chi connectivity index (χ3v) is 4.71. The smallest absolute Gasteiger partial charge is 0.271 e. The summed E-state index contributed by atoms with van der Waals surface area (Å²) >= 11 is 0. The second-order valence-corrected chi connectivity index (χ2v) is 7.53. The van der Waals surface area contributed by atoms with Crippen molar-refractivity contribution in [1.29, 1.82) is 5.26 Å². The molecule has 2 rings (SSSR count). The molecule has 6 heteroatoms. The first kappa shape index (κ1) is 22.2. The summed E-state index contributed by atoms with van der Waals surface area (Å²) in [6, 6.07) is 8.55. The first-order valence-corrected chi connectivity index (χ1v) is 9.95. The first-order valence-electron chi connectivity index (χ1n) is 9.95. The predicted molar refractivity (Wildman–Crippen MR) is 112 cm³/mol. The second-order valence-electron chi connectivity index (χ2n) is 7.53. The van der Waals surface area contributed by atoms with Crippen molar-refractivity contribution in [2.24, 2.45) is 5.92 Å². The van der Waals surface area contributed by atoms with Gasteiger partial charge in [-0.3, -0.25) is 14.2 Å². The van der Waals surface area contributed by atoms with Crippen LogP contribution >= 0.6 is 0 Å². The van der Waals surface area contributed by atoms with Crippen molar-refractivity contribution in [2.45, 2.75) is 53.5 Å². The van der Waals surface area contributed by atoms with E-state index < -0.39 is 17.2 Å². The Balaban J connectivity index is 2.40. The van der Waals surface area contributed by atoms with Crippen LogP contribution in [0.1, 0.15) is 67.1 Å². The molecule has 6 nitrogen and oxygen atoms in total. The molecular weight excluding hydrogens is 368 g/mol. The summed E-state index contributed by atoms with van der Waals surface area (Å²) in [5.41, 5.74) is -0.174. The van der Waals surface area contributed by atoms with Gasteiger partial charge in [-0.25, -0.2) is 0 Å². The summed E-state index contributed by atoms with van der Waals surface area (Å²) in [6.07, 6.45) is 3.18. The monoisotopic (exact) mass is 396 g/mol. The summed E-state index contributed by atoms with van der Waals surface area (Å²) in [7, 11) is 0. The highest BCUT2D eigenvalue weighted by atomic mass is 16.5. The van der Waals surface area contributed by atoms with Gasteiger partial charge in [-0.1, -0.05) is 33.6 Å². The molecule has 0 saturated carbocycles. The third kappa shape index (κ3) is 5.05. The predicted octanol–water partition coefficient (Wildman–Crippen LogP) is 4.19. The highest BCUT2D eigenvalue weighted by Crippen LogP contribution is 2.26. The molecule has 0 bridgehead atoms. The number of pyridine rings is 1. The van der Waals surface area contributed by atoms with Gasteiger partial charge in [0.1, 0.15) is 17.4 Å². The molecule has 0 spiro atoms. The summed E-state index contributed by atoms with van der Waals surface area (Å²) in [5.74, 6) is -0.113. The van der Waals surface area contributed by atoms with E-state index in [1.54, 1.807) is 24.3 Å². The van der Waals surface area contributed by atoms with E-state index in [-0.39, 0.29) is 29.2 Å². The van der Waals surface area contributed by atoms with Crippen LogP contribution in [0.15, 0.2) is 29.1 Å². The van der Waals surface area contributed by atoms with Crippen LogP contribution in [0.4, 0.5) is 0 Å². The fraction of sp³-hybridized carbons (Fsp3) is 0.435. The Morgan fingerprint density at radius 2 is 1.90 bits per heavy atom. The Labute approximate surface area is 171 Å². The fourth-order valence-corrected chi connectivity index (χ4v) is 3.15. The van der Waals surface area contributed by atoms with Crippen molar-refractivity contribution in [3.63, 3.8) is 0 Å². The van der Waals surface area contributed by atoms with Crippen LogP contribution in [-0.4, -0.2) is 22.1 Å². The number of benzene rings is 1. The van der Waals surface area contributed by atoms with Crippen molar-refractivity contribution >= 4 is 5.78 Å². The van der Waals surface area contributed by atoms with E-state index in [9.17, 15) is 20.0 Å². The van der Waals surface area contributed by atoms with Gasteiger partial charge in [0.2, 0.25) is 5.88 Å². The lowest BCUT2D eigenvalue weighted by Crippen LogP contribution is -2.28. The molecule has 1 heterocycles. The minimum Gasteiger partial charge on any atom is -0.494 e. The van der Waals surface area contributed by atoms with Gasteiger partial charge < -0.3 is 9.84 Å². The lowest BCUT2D eigenvalue weighted by Gasteiger charge is -2.17. The van der Waals surface area contributed by atoms with Gasteiger partial charge in [0, 0.05) is 12.1 Å². The SMILES string of the molecule is CCCCCOc1ccc(C(=O)c2c(C)c(C#N)c(=O)n(CC(C)C)c2O)cc1. The molecule has 154 valence electrons. The molecule has 0 aliphatic rings. The first-order chi connectivity index (χ1) is 13.8. The average Bonchev–Trinajstić information content (AvgIpc) is 2.69. The van der Waals surface area contributed by atoms with E-state index in [0.717, 1.165) is 23.8 Å². The van der Waals surface area contributed by atoms with Gasteiger partial charge in [0.05, 0.1) is 12.2 Å². The van der Waals surface area contributed by atoms with E-state index in [0.29, 0.717) is 17.9 Å². The number of hydrogen-bond acceptors (Lipinski definition) is 5. The number of rotatable bonds is 9. The number of aromatic nitrogens is 1. The van der Waals surface area contributed by atoms with Crippen LogP contribution in [0.2, 0.25) is 0 Å². The van der Waals surface area contributed by atoms with E-state index >= 15 is 0 Å². The topological polar surface area (TPSA) is 92.3 Å². The number of ketones is 1.